The number of ether oxygens (including phenoxy) is 1. The highest BCUT2D eigenvalue weighted by Crippen LogP contribution is 2.05. The molecule has 0 bridgehead atoms. The van der Waals surface area contributed by atoms with E-state index in [2.05, 4.69) is 0 Å². The molecule has 0 heterocycles. The van der Waals surface area contributed by atoms with E-state index in [9.17, 15) is 9.90 Å². The first-order valence-corrected chi connectivity index (χ1v) is 2.75. The Bertz CT molecular complexity index is 101. The second kappa shape index (κ2) is 2.82. The number of carbonyl (C=O) groups excluding carboxylic acids is 1. The maximum absolute atomic E-state index is 9.81. The van der Waals surface area contributed by atoms with Crippen LogP contribution in [-0.4, -0.2) is 18.2 Å². The van der Waals surface area contributed by atoms with Gasteiger partial charge >= 0.3 is 5.97 Å². The van der Waals surface area contributed by atoms with Gasteiger partial charge in [0.05, 0.1) is 5.60 Å². The lowest BCUT2D eigenvalue weighted by Gasteiger charge is -2.16. The van der Waals surface area contributed by atoms with Crippen LogP contribution in [0, 0.1) is 0 Å². The minimum atomic E-state index is -1.18. The van der Waals surface area contributed by atoms with Crippen molar-refractivity contribution in [3.63, 3.8) is 0 Å². The van der Waals surface area contributed by atoms with Crippen LogP contribution in [0.3, 0.4) is 0 Å². The molecular weight excluding hydrogens is 120 g/mol. The molecule has 53 valence electrons. The molecule has 0 aliphatic heterocycles. The fourth-order valence-corrected chi connectivity index (χ4v) is 0.275. The molecule has 0 aromatic carbocycles. The third-order valence-corrected chi connectivity index (χ3v) is 0.623. The van der Waals surface area contributed by atoms with Crippen molar-refractivity contribution >= 4 is 5.97 Å². The summed E-state index contributed by atoms with van der Waals surface area (Å²) in [5.74, 6) is -1.18. The summed E-state index contributed by atoms with van der Waals surface area (Å²) in [6, 6.07) is 0. The van der Waals surface area contributed by atoms with Gasteiger partial charge in [-0.2, -0.15) is 0 Å². The SMILES string of the molecule is CC(C)(C)OCC([O])=O. The summed E-state index contributed by atoms with van der Waals surface area (Å²) in [6.07, 6.45) is 0. The largest absolute Gasteiger partial charge is 0.380 e. The van der Waals surface area contributed by atoms with Gasteiger partial charge in [0.25, 0.3) is 0 Å². The quantitative estimate of drug-likeness (QED) is 0.555. The molecule has 0 amide bonds. The summed E-state index contributed by atoms with van der Waals surface area (Å²) in [4.78, 5) is 9.81. The van der Waals surface area contributed by atoms with Crippen LogP contribution in [0.15, 0.2) is 0 Å². The minimum absolute atomic E-state index is 0.330. The Hall–Kier alpha value is -0.570. The van der Waals surface area contributed by atoms with Crippen molar-refractivity contribution in [2.75, 3.05) is 6.61 Å². The first-order valence-electron chi connectivity index (χ1n) is 2.75. The van der Waals surface area contributed by atoms with Crippen molar-refractivity contribution < 1.29 is 14.6 Å². The van der Waals surface area contributed by atoms with E-state index in [0.717, 1.165) is 0 Å². The monoisotopic (exact) mass is 131 g/mol. The van der Waals surface area contributed by atoms with Crippen molar-refractivity contribution in [3.05, 3.63) is 0 Å². The van der Waals surface area contributed by atoms with Gasteiger partial charge in [0.2, 0.25) is 0 Å². The van der Waals surface area contributed by atoms with Crippen LogP contribution >= 0.6 is 0 Å². The fourth-order valence-electron chi connectivity index (χ4n) is 0.275. The smallest absolute Gasteiger partial charge is 0.364 e. The maximum atomic E-state index is 9.81. The van der Waals surface area contributed by atoms with Crippen molar-refractivity contribution in [1.29, 1.82) is 0 Å². The molecule has 0 atom stereocenters. The van der Waals surface area contributed by atoms with E-state index in [0.29, 0.717) is 0 Å². The van der Waals surface area contributed by atoms with Crippen LogP contribution in [0.1, 0.15) is 20.8 Å². The van der Waals surface area contributed by atoms with E-state index in [-0.39, 0.29) is 12.2 Å². The first kappa shape index (κ1) is 8.43. The average molecular weight is 131 g/mol. The molecule has 0 aliphatic carbocycles. The average Bonchev–Trinajstić information content (AvgIpc) is 1.59. The third kappa shape index (κ3) is 7.43. The lowest BCUT2D eigenvalue weighted by atomic mass is 10.2. The molecule has 9 heavy (non-hydrogen) atoms. The summed E-state index contributed by atoms with van der Waals surface area (Å²) in [5.41, 5.74) is -0.389. The minimum Gasteiger partial charge on any atom is -0.364 e. The van der Waals surface area contributed by atoms with Gasteiger partial charge < -0.3 is 4.74 Å². The van der Waals surface area contributed by atoms with E-state index in [1.165, 1.54) is 0 Å². The van der Waals surface area contributed by atoms with Gasteiger partial charge in [-0.25, -0.2) is 9.90 Å². The number of hydrogen-bond donors (Lipinski definition) is 0. The van der Waals surface area contributed by atoms with E-state index in [1.54, 1.807) is 20.8 Å². The van der Waals surface area contributed by atoms with Gasteiger partial charge in [0.1, 0.15) is 6.61 Å². The summed E-state index contributed by atoms with van der Waals surface area (Å²) >= 11 is 0. The Morgan fingerprint density at radius 1 is 1.44 bits per heavy atom. The standard InChI is InChI=1S/C6H11O3/c1-6(2,3)9-4-5(7)8/h4H2,1-3H3. The molecule has 0 aliphatic rings. The topological polar surface area (TPSA) is 46.2 Å². The first-order chi connectivity index (χ1) is 3.92. The normalized spacial score (nSPS) is 11.4. The summed E-state index contributed by atoms with van der Waals surface area (Å²) in [6.45, 7) is 5.03. The molecule has 0 N–H and O–H groups in total. The molecule has 0 saturated heterocycles. The zero-order valence-corrected chi connectivity index (χ0v) is 5.93. The fraction of sp³-hybridized carbons (Fsp3) is 0.833. The molecule has 3 heteroatoms. The number of hydrogen-bond acceptors (Lipinski definition) is 2. The highest BCUT2D eigenvalue weighted by Gasteiger charge is 2.12. The molecule has 0 spiro atoms. The van der Waals surface area contributed by atoms with E-state index < -0.39 is 5.97 Å². The Kier molecular flexibility index (Phi) is 2.65. The molecule has 0 fully saturated rings. The number of carbonyl (C=O) groups is 1. The highest BCUT2D eigenvalue weighted by atomic mass is 16.5. The van der Waals surface area contributed by atoms with Gasteiger partial charge in [0.15, 0.2) is 0 Å². The second-order valence-electron chi connectivity index (χ2n) is 2.77. The van der Waals surface area contributed by atoms with E-state index in [1.807, 2.05) is 0 Å². The van der Waals surface area contributed by atoms with Crippen LogP contribution in [0.4, 0.5) is 0 Å². The Morgan fingerprint density at radius 3 is 2.00 bits per heavy atom. The van der Waals surface area contributed by atoms with Crippen molar-refractivity contribution in [1.82, 2.24) is 0 Å². The zero-order chi connectivity index (χ0) is 7.49. The highest BCUT2D eigenvalue weighted by molar-refractivity contribution is 5.67. The maximum Gasteiger partial charge on any atom is 0.380 e. The predicted molar refractivity (Wildman–Crippen MR) is 31.4 cm³/mol. The molecular formula is C6H11O3. The molecule has 0 rings (SSSR count). The van der Waals surface area contributed by atoms with Crippen LogP contribution < -0.4 is 0 Å². The van der Waals surface area contributed by atoms with Crippen LogP contribution in [0.25, 0.3) is 0 Å². The van der Waals surface area contributed by atoms with E-state index >= 15 is 0 Å². The molecule has 0 saturated carbocycles. The zero-order valence-electron chi connectivity index (χ0n) is 5.93. The predicted octanol–water partition coefficient (Wildman–Crippen LogP) is 0.759. The summed E-state index contributed by atoms with van der Waals surface area (Å²) < 4.78 is 4.83. The molecule has 0 unspecified atom stereocenters. The number of rotatable bonds is 2. The summed E-state index contributed by atoms with van der Waals surface area (Å²) in [5, 5.41) is 9.81. The summed E-state index contributed by atoms with van der Waals surface area (Å²) in [7, 11) is 0. The Morgan fingerprint density at radius 2 is 1.89 bits per heavy atom. The van der Waals surface area contributed by atoms with Gasteiger partial charge in [-0.3, -0.25) is 0 Å². The van der Waals surface area contributed by atoms with Gasteiger partial charge in [-0.15, -0.1) is 0 Å². The Labute approximate surface area is 54.6 Å². The molecule has 3 nitrogen and oxygen atoms in total. The third-order valence-electron chi connectivity index (χ3n) is 0.623. The van der Waals surface area contributed by atoms with Crippen molar-refractivity contribution in [2.24, 2.45) is 0 Å². The second-order valence-corrected chi connectivity index (χ2v) is 2.77. The van der Waals surface area contributed by atoms with Gasteiger partial charge in [-0.1, -0.05) is 0 Å². The lowest BCUT2D eigenvalue weighted by Crippen LogP contribution is -2.22. The molecule has 1 radical (unpaired) electrons. The lowest BCUT2D eigenvalue weighted by molar-refractivity contribution is -0.153. The van der Waals surface area contributed by atoms with Crippen LogP contribution in [0.2, 0.25) is 0 Å². The Balaban J connectivity index is 3.39. The molecule has 0 aromatic heterocycles. The van der Waals surface area contributed by atoms with Gasteiger partial charge in [0, 0.05) is 0 Å². The van der Waals surface area contributed by atoms with Crippen LogP contribution in [-0.2, 0) is 14.6 Å². The van der Waals surface area contributed by atoms with Crippen molar-refractivity contribution in [2.45, 2.75) is 26.4 Å². The van der Waals surface area contributed by atoms with Gasteiger partial charge in [-0.05, 0) is 20.8 Å². The van der Waals surface area contributed by atoms with E-state index in [4.69, 9.17) is 4.74 Å². The van der Waals surface area contributed by atoms with Crippen LogP contribution in [0.5, 0.6) is 0 Å². The molecule has 0 aromatic rings. The van der Waals surface area contributed by atoms with Crippen molar-refractivity contribution in [3.8, 4) is 0 Å².